The SMILES string of the molecule is CC(=O)OC[C@H]1O[C@@H](n2cnc3c(Cl)nc(Cl)nc32)[C@@H]2CC=CC[C@@H]21. The molecule has 4 atom stereocenters. The number of esters is 1. The summed E-state index contributed by atoms with van der Waals surface area (Å²) in [4.78, 5) is 23.7. The van der Waals surface area contributed by atoms with Gasteiger partial charge in [-0.2, -0.15) is 4.98 Å². The number of hydrogen-bond acceptors (Lipinski definition) is 6. The van der Waals surface area contributed by atoms with E-state index in [-0.39, 0.29) is 47.2 Å². The van der Waals surface area contributed by atoms with Gasteiger partial charge in [0.25, 0.3) is 0 Å². The van der Waals surface area contributed by atoms with Gasteiger partial charge in [-0.15, -0.1) is 0 Å². The Morgan fingerprint density at radius 2 is 2.08 bits per heavy atom. The van der Waals surface area contributed by atoms with Crippen LogP contribution in [0, 0.1) is 11.8 Å². The lowest BCUT2D eigenvalue weighted by Crippen LogP contribution is -2.27. The zero-order valence-electron chi connectivity index (χ0n) is 13.4. The molecule has 9 heteroatoms. The molecule has 2 aromatic heterocycles. The van der Waals surface area contributed by atoms with Crippen molar-refractivity contribution in [1.29, 1.82) is 0 Å². The van der Waals surface area contributed by atoms with E-state index in [0.29, 0.717) is 11.2 Å². The minimum Gasteiger partial charge on any atom is -0.463 e. The van der Waals surface area contributed by atoms with E-state index < -0.39 is 0 Å². The van der Waals surface area contributed by atoms with Crippen molar-refractivity contribution >= 4 is 40.3 Å². The van der Waals surface area contributed by atoms with Crippen molar-refractivity contribution in [3.63, 3.8) is 0 Å². The van der Waals surface area contributed by atoms with Crippen LogP contribution in [0.15, 0.2) is 18.5 Å². The average molecular weight is 383 g/mol. The van der Waals surface area contributed by atoms with Gasteiger partial charge < -0.3 is 9.47 Å². The van der Waals surface area contributed by atoms with E-state index in [0.717, 1.165) is 12.8 Å². The molecule has 0 spiro atoms. The van der Waals surface area contributed by atoms with Crippen LogP contribution < -0.4 is 0 Å². The molecular formula is C16H16Cl2N4O3. The van der Waals surface area contributed by atoms with Gasteiger partial charge in [0.05, 0.1) is 12.4 Å². The second-order valence-electron chi connectivity index (χ2n) is 6.25. The Hall–Kier alpha value is -1.70. The molecule has 1 aliphatic heterocycles. The number of allylic oxidation sites excluding steroid dienone is 2. The quantitative estimate of drug-likeness (QED) is 0.351. The van der Waals surface area contributed by atoms with Crippen LogP contribution in [0.3, 0.4) is 0 Å². The molecule has 0 bridgehead atoms. The lowest BCUT2D eigenvalue weighted by atomic mass is 9.81. The molecule has 1 saturated heterocycles. The third-order valence-electron chi connectivity index (χ3n) is 4.77. The average Bonchev–Trinajstić information content (AvgIpc) is 3.14. The van der Waals surface area contributed by atoms with Gasteiger partial charge in [-0.25, -0.2) is 9.97 Å². The Morgan fingerprint density at radius 3 is 2.84 bits per heavy atom. The molecule has 0 aromatic carbocycles. The number of hydrogen-bond donors (Lipinski definition) is 0. The Morgan fingerprint density at radius 1 is 1.32 bits per heavy atom. The molecule has 0 unspecified atom stereocenters. The van der Waals surface area contributed by atoms with Crippen LogP contribution in [0.25, 0.3) is 11.2 Å². The Bertz CT molecular complexity index is 853. The normalized spacial score (nSPS) is 28.3. The first-order chi connectivity index (χ1) is 12.0. The van der Waals surface area contributed by atoms with Crippen molar-refractivity contribution in [2.75, 3.05) is 6.61 Å². The highest BCUT2D eigenvalue weighted by atomic mass is 35.5. The molecule has 0 saturated carbocycles. The molecule has 0 amide bonds. The number of aromatic nitrogens is 4. The van der Waals surface area contributed by atoms with Crippen LogP contribution in [0.4, 0.5) is 0 Å². The zero-order valence-corrected chi connectivity index (χ0v) is 14.9. The maximum absolute atomic E-state index is 11.2. The molecule has 3 heterocycles. The predicted octanol–water partition coefficient (Wildman–Crippen LogP) is 3.18. The summed E-state index contributed by atoms with van der Waals surface area (Å²) in [5.74, 6) is 0.185. The smallest absolute Gasteiger partial charge is 0.302 e. The van der Waals surface area contributed by atoms with Crippen LogP contribution >= 0.6 is 23.2 Å². The minimum atomic E-state index is -0.311. The van der Waals surface area contributed by atoms with Crippen molar-refractivity contribution in [2.24, 2.45) is 11.8 Å². The zero-order chi connectivity index (χ0) is 17.6. The number of ether oxygens (including phenoxy) is 2. The number of imidazole rings is 1. The van der Waals surface area contributed by atoms with Crippen LogP contribution in [-0.4, -0.2) is 38.2 Å². The number of carbonyl (C=O) groups is 1. The first-order valence-corrected chi connectivity index (χ1v) is 8.79. The largest absolute Gasteiger partial charge is 0.463 e. The number of rotatable bonds is 3. The fraction of sp³-hybridized carbons (Fsp3) is 0.500. The maximum Gasteiger partial charge on any atom is 0.302 e. The first kappa shape index (κ1) is 16.8. The highest BCUT2D eigenvalue weighted by molar-refractivity contribution is 6.35. The van der Waals surface area contributed by atoms with E-state index in [2.05, 4.69) is 27.1 Å². The number of halogens is 2. The molecule has 132 valence electrons. The Kier molecular flexibility index (Phi) is 4.39. The molecule has 4 rings (SSSR count). The Balaban J connectivity index is 1.70. The molecule has 2 aromatic rings. The van der Waals surface area contributed by atoms with E-state index in [9.17, 15) is 4.79 Å². The Labute approximate surface area is 153 Å². The summed E-state index contributed by atoms with van der Waals surface area (Å²) in [6, 6.07) is 0. The maximum atomic E-state index is 11.2. The highest BCUT2D eigenvalue weighted by Crippen LogP contribution is 2.46. The van der Waals surface area contributed by atoms with E-state index in [1.807, 2.05) is 4.57 Å². The fourth-order valence-electron chi connectivity index (χ4n) is 3.67. The summed E-state index contributed by atoms with van der Waals surface area (Å²) < 4.78 is 13.3. The third-order valence-corrected chi connectivity index (χ3v) is 5.20. The van der Waals surface area contributed by atoms with Crippen molar-refractivity contribution < 1.29 is 14.3 Å². The number of fused-ring (bicyclic) bond motifs is 2. The van der Waals surface area contributed by atoms with Crippen molar-refractivity contribution in [3.05, 3.63) is 28.9 Å². The van der Waals surface area contributed by atoms with Crippen molar-refractivity contribution in [2.45, 2.75) is 32.1 Å². The van der Waals surface area contributed by atoms with Gasteiger partial charge in [0.1, 0.15) is 18.4 Å². The number of nitrogens with zero attached hydrogens (tertiary/aromatic N) is 4. The lowest BCUT2D eigenvalue weighted by molar-refractivity contribution is -0.146. The molecule has 1 aliphatic carbocycles. The fourth-order valence-corrected chi connectivity index (χ4v) is 4.09. The second-order valence-corrected chi connectivity index (χ2v) is 6.94. The topological polar surface area (TPSA) is 79.1 Å². The van der Waals surface area contributed by atoms with E-state index in [1.54, 1.807) is 6.33 Å². The van der Waals surface area contributed by atoms with Crippen molar-refractivity contribution in [1.82, 2.24) is 19.5 Å². The van der Waals surface area contributed by atoms with E-state index in [4.69, 9.17) is 32.7 Å². The summed E-state index contributed by atoms with van der Waals surface area (Å²) >= 11 is 12.1. The van der Waals surface area contributed by atoms with Gasteiger partial charge in [0.2, 0.25) is 5.28 Å². The van der Waals surface area contributed by atoms with E-state index >= 15 is 0 Å². The number of carbonyl (C=O) groups excluding carboxylic acids is 1. The van der Waals surface area contributed by atoms with Crippen LogP contribution in [0.5, 0.6) is 0 Å². The molecule has 7 nitrogen and oxygen atoms in total. The minimum absolute atomic E-state index is 0.0637. The van der Waals surface area contributed by atoms with Gasteiger partial charge >= 0.3 is 5.97 Å². The molecule has 25 heavy (non-hydrogen) atoms. The lowest BCUT2D eigenvalue weighted by Gasteiger charge is -2.25. The summed E-state index contributed by atoms with van der Waals surface area (Å²) in [5, 5.41) is 0.275. The van der Waals surface area contributed by atoms with Gasteiger partial charge in [-0.05, 0) is 30.4 Å². The highest BCUT2D eigenvalue weighted by Gasteiger charge is 2.46. The monoisotopic (exact) mass is 382 g/mol. The molecular weight excluding hydrogens is 367 g/mol. The van der Waals surface area contributed by atoms with Crippen LogP contribution in [0.1, 0.15) is 26.0 Å². The molecule has 0 N–H and O–H groups in total. The van der Waals surface area contributed by atoms with E-state index in [1.165, 1.54) is 6.92 Å². The third kappa shape index (κ3) is 3.01. The second kappa shape index (κ2) is 6.55. The van der Waals surface area contributed by atoms with Gasteiger partial charge in [0.15, 0.2) is 10.8 Å². The molecule has 1 fully saturated rings. The summed E-state index contributed by atoms with van der Waals surface area (Å²) in [6.45, 7) is 1.64. The summed E-state index contributed by atoms with van der Waals surface area (Å²) in [5.41, 5.74) is 1.03. The first-order valence-electron chi connectivity index (χ1n) is 8.04. The van der Waals surface area contributed by atoms with Crippen LogP contribution in [-0.2, 0) is 14.3 Å². The standard InChI is InChI=1S/C16H16Cl2N4O3/c1-8(23)24-6-11-9-4-2-3-5-10(9)15(25-11)22-7-19-12-13(17)20-16(18)21-14(12)22/h2-3,7,9-11,15H,4-6H2,1H3/t9-,10+,11+,15+/m0/s1. The van der Waals surface area contributed by atoms with Gasteiger partial charge in [-0.1, -0.05) is 23.8 Å². The molecule has 2 aliphatic rings. The van der Waals surface area contributed by atoms with Crippen molar-refractivity contribution in [3.8, 4) is 0 Å². The van der Waals surface area contributed by atoms with Gasteiger partial charge in [-0.3, -0.25) is 9.36 Å². The summed E-state index contributed by atoms with van der Waals surface area (Å²) in [6.07, 6.45) is 7.26. The summed E-state index contributed by atoms with van der Waals surface area (Å²) in [7, 11) is 0. The van der Waals surface area contributed by atoms with Crippen LogP contribution in [0.2, 0.25) is 10.4 Å². The predicted molar refractivity (Wildman–Crippen MR) is 91.2 cm³/mol. The van der Waals surface area contributed by atoms with Gasteiger partial charge in [0, 0.05) is 12.8 Å². The molecule has 0 radical (unpaired) electrons.